The number of hydrogen-bond acceptors (Lipinski definition) is 5. The van der Waals surface area contributed by atoms with Crippen LogP contribution in [0.2, 0.25) is 12.6 Å². The third kappa shape index (κ3) is 2.06. The number of rotatable bonds is 0. The van der Waals surface area contributed by atoms with Gasteiger partial charge in [-0.1, -0.05) is 19.0 Å². The van der Waals surface area contributed by atoms with Crippen LogP contribution in [0.3, 0.4) is 0 Å². The Morgan fingerprint density at radius 2 is 1.86 bits per heavy atom. The first kappa shape index (κ1) is 14.2. The van der Waals surface area contributed by atoms with Gasteiger partial charge >= 0.3 is 18.0 Å². The standard InChI is InChI=1S/C14H18BNO5/c1-14(2,3)21-13(19)16-8-6-5-7(15(16)4)9-10(8)12(18)20-11(9)17/h5-10H,1-4H3. The number of esters is 2. The maximum absolute atomic E-state index is 12.4. The molecule has 2 bridgehead atoms. The number of ether oxygens (including phenoxy) is 2. The second kappa shape index (κ2) is 4.35. The van der Waals surface area contributed by atoms with E-state index in [9.17, 15) is 14.4 Å². The molecule has 2 saturated heterocycles. The van der Waals surface area contributed by atoms with Gasteiger partial charge in [-0.2, -0.15) is 0 Å². The van der Waals surface area contributed by atoms with Gasteiger partial charge in [0.15, 0.2) is 0 Å². The molecule has 4 unspecified atom stereocenters. The highest BCUT2D eigenvalue weighted by molar-refractivity contribution is 6.60. The Bertz CT molecular complexity index is 552. The van der Waals surface area contributed by atoms with Gasteiger partial charge in [0.1, 0.15) is 5.60 Å². The lowest BCUT2D eigenvalue weighted by Crippen LogP contribution is -2.63. The number of cyclic esters (lactones) is 2. The van der Waals surface area contributed by atoms with Gasteiger partial charge in [-0.25, -0.2) is 4.79 Å². The van der Waals surface area contributed by atoms with Crippen LogP contribution in [0.15, 0.2) is 12.2 Å². The minimum atomic E-state index is -0.609. The van der Waals surface area contributed by atoms with Gasteiger partial charge in [-0.3, -0.25) is 9.59 Å². The number of carbonyl (C=O) groups excluding carboxylic acids is 3. The maximum Gasteiger partial charge on any atom is 0.398 e. The molecule has 21 heavy (non-hydrogen) atoms. The maximum atomic E-state index is 12.4. The molecule has 4 aliphatic rings. The Morgan fingerprint density at radius 1 is 1.24 bits per heavy atom. The average Bonchev–Trinajstić information content (AvgIpc) is 2.65. The zero-order valence-electron chi connectivity index (χ0n) is 12.5. The van der Waals surface area contributed by atoms with Crippen molar-refractivity contribution in [3.63, 3.8) is 0 Å². The number of allylic oxidation sites excluding steroid dienone is 1. The van der Waals surface area contributed by atoms with Gasteiger partial charge in [-0.05, 0) is 26.6 Å². The van der Waals surface area contributed by atoms with Crippen LogP contribution in [-0.2, 0) is 19.1 Å². The third-order valence-electron chi connectivity index (χ3n) is 4.37. The summed E-state index contributed by atoms with van der Waals surface area (Å²) in [5, 5.41) is 0. The monoisotopic (exact) mass is 291 g/mol. The molecule has 0 aromatic rings. The van der Waals surface area contributed by atoms with Crippen LogP contribution in [0, 0.1) is 11.8 Å². The van der Waals surface area contributed by atoms with Crippen molar-refractivity contribution in [1.29, 1.82) is 0 Å². The highest BCUT2D eigenvalue weighted by Crippen LogP contribution is 2.49. The molecule has 112 valence electrons. The van der Waals surface area contributed by atoms with E-state index in [1.54, 1.807) is 25.6 Å². The highest BCUT2D eigenvalue weighted by atomic mass is 16.6. The second-order valence-corrected chi connectivity index (χ2v) is 6.87. The summed E-state index contributed by atoms with van der Waals surface area (Å²) in [4.78, 5) is 37.8. The van der Waals surface area contributed by atoms with Crippen LogP contribution in [-0.4, -0.2) is 41.3 Å². The van der Waals surface area contributed by atoms with Gasteiger partial charge < -0.3 is 14.3 Å². The molecule has 1 aliphatic carbocycles. The van der Waals surface area contributed by atoms with Crippen molar-refractivity contribution in [2.75, 3.05) is 0 Å². The fraction of sp³-hybridized carbons (Fsp3) is 0.643. The number of fused-ring (bicyclic) bond motifs is 1. The minimum Gasteiger partial charge on any atom is -0.445 e. The summed E-state index contributed by atoms with van der Waals surface area (Å²) >= 11 is 0. The largest absolute Gasteiger partial charge is 0.445 e. The Kier molecular flexibility index (Phi) is 2.94. The van der Waals surface area contributed by atoms with E-state index in [1.165, 1.54) is 0 Å². The second-order valence-electron chi connectivity index (χ2n) is 6.87. The predicted octanol–water partition coefficient (Wildman–Crippen LogP) is 1.48. The molecule has 3 aliphatic heterocycles. The zero-order valence-corrected chi connectivity index (χ0v) is 12.5. The highest BCUT2D eigenvalue weighted by Gasteiger charge is 2.62. The first-order chi connectivity index (χ1) is 9.70. The molecular formula is C14H18BNO5. The Balaban J connectivity index is 1.92. The van der Waals surface area contributed by atoms with Crippen LogP contribution < -0.4 is 0 Å². The van der Waals surface area contributed by atoms with E-state index >= 15 is 0 Å². The van der Waals surface area contributed by atoms with E-state index in [-0.39, 0.29) is 12.7 Å². The molecule has 4 rings (SSSR count). The smallest absolute Gasteiger partial charge is 0.398 e. The van der Waals surface area contributed by atoms with Gasteiger partial charge in [0.05, 0.1) is 17.9 Å². The summed E-state index contributed by atoms with van der Waals surface area (Å²) in [6.07, 6.45) is 3.27. The molecule has 1 amide bonds. The van der Waals surface area contributed by atoms with Crippen molar-refractivity contribution in [3.8, 4) is 0 Å². The van der Waals surface area contributed by atoms with E-state index in [0.717, 1.165) is 0 Å². The van der Waals surface area contributed by atoms with Crippen molar-refractivity contribution < 1.29 is 23.9 Å². The molecule has 0 aromatic carbocycles. The minimum absolute atomic E-state index is 0.199. The number of carbonyl (C=O) groups is 3. The summed E-state index contributed by atoms with van der Waals surface area (Å²) in [7, 11) is 0. The van der Waals surface area contributed by atoms with E-state index < -0.39 is 41.5 Å². The zero-order chi connectivity index (χ0) is 15.5. The normalized spacial score (nSPS) is 34.1. The summed E-state index contributed by atoms with van der Waals surface area (Å²) in [5.41, 5.74) is -0.609. The SMILES string of the molecule is CB1C2C=CC(C3C(=O)OC(=O)C23)N1C(=O)OC(C)(C)C. The summed E-state index contributed by atoms with van der Waals surface area (Å²) in [6.45, 7) is 7.06. The summed E-state index contributed by atoms with van der Waals surface area (Å²) in [6, 6.07) is -0.469. The quantitative estimate of drug-likeness (QED) is 0.292. The molecule has 2 fully saturated rings. The Labute approximate surface area is 123 Å². The topological polar surface area (TPSA) is 72.9 Å². The van der Waals surface area contributed by atoms with Crippen molar-refractivity contribution in [1.82, 2.24) is 4.81 Å². The van der Waals surface area contributed by atoms with Crippen LogP contribution in [0.5, 0.6) is 0 Å². The van der Waals surface area contributed by atoms with E-state index in [1.807, 2.05) is 19.0 Å². The predicted molar refractivity (Wildman–Crippen MR) is 74.4 cm³/mol. The van der Waals surface area contributed by atoms with Gasteiger partial charge in [0, 0.05) is 0 Å². The Morgan fingerprint density at radius 3 is 2.48 bits per heavy atom. The van der Waals surface area contributed by atoms with Crippen molar-refractivity contribution in [2.45, 2.75) is 45.1 Å². The molecule has 0 spiro atoms. The first-order valence-corrected chi connectivity index (χ1v) is 7.16. The third-order valence-corrected chi connectivity index (χ3v) is 4.37. The van der Waals surface area contributed by atoms with Crippen LogP contribution in [0.25, 0.3) is 0 Å². The lowest BCUT2D eigenvalue weighted by atomic mass is 9.41. The summed E-state index contributed by atoms with van der Waals surface area (Å²) < 4.78 is 10.2. The molecule has 6 nitrogen and oxygen atoms in total. The van der Waals surface area contributed by atoms with E-state index in [0.29, 0.717) is 0 Å². The molecule has 0 saturated carbocycles. The molecule has 3 heterocycles. The lowest BCUT2D eigenvalue weighted by Gasteiger charge is -2.48. The molecule has 0 radical (unpaired) electrons. The molecule has 0 N–H and O–H groups in total. The van der Waals surface area contributed by atoms with Gasteiger partial charge in [-0.15, -0.1) is 0 Å². The first-order valence-electron chi connectivity index (χ1n) is 7.16. The van der Waals surface area contributed by atoms with E-state index in [2.05, 4.69) is 0 Å². The van der Waals surface area contributed by atoms with Gasteiger partial charge in [0.2, 0.25) is 0 Å². The average molecular weight is 291 g/mol. The Hall–Kier alpha value is -1.79. The molecule has 4 atom stereocenters. The van der Waals surface area contributed by atoms with E-state index in [4.69, 9.17) is 9.47 Å². The van der Waals surface area contributed by atoms with Crippen molar-refractivity contribution >= 4 is 24.9 Å². The number of nitrogens with zero attached hydrogens (tertiary/aromatic N) is 1. The number of hydrogen-bond donors (Lipinski definition) is 0. The van der Waals surface area contributed by atoms with Crippen molar-refractivity contribution in [3.05, 3.63) is 12.2 Å². The fourth-order valence-corrected chi connectivity index (χ4v) is 3.54. The molecular weight excluding hydrogens is 273 g/mol. The van der Waals surface area contributed by atoms with Gasteiger partial charge in [0.25, 0.3) is 6.85 Å². The lowest BCUT2D eigenvalue weighted by molar-refractivity contribution is -0.153. The summed E-state index contributed by atoms with van der Waals surface area (Å²) in [5.74, 6) is -2.28. The van der Waals surface area contributed by atoms with Crippen LogP contribution >= 0.6 is 0 Å². The number of amides is 1. The van der Waals surface area contributed by atoms with Crippen LogP contribution in [0.4, 0.5) is 4.79 Å². The fourth-order valence-electron chi connectivity index (χ4n) is 3.54. The van der Waals surface area contributed by atoms with Crippen LogP contribution in [0.1, 0.15) is 20.8 Å². The van der Waals surface area contributed by atoms with Crippen molar-refractivity contribution in [2.24, 2.45) is 11.8 Å². The molecule has 7 heteroatoms. The molecule has 0 aromatic heterocycles.